The first kappa shape index (κ1) is 14.8. The summed E-state index contributed by atoms with van der Waals surface area (Å²) in [6, 6.07) is 24.0. The molecule has 4 nitrogen and oxygen atoms in total. The van der Waals surface area contributed by atoms with E-state index in [1.807, 2.05) is 60.7 Å². The summed E-state index contributed by atoms with van der Waals surface area (Å²) in [6.45, 7) is 0. The van der Waals surface area contributed by atoms with Crippen LogP contribution >= 0.6 is 0 Å². The maximum absolute atomic E-state index is 12.6. The van der Waals surface area contributed by atoms with Crippen LogP contribution in [-0.4, -0.2) is 17.9 Å². The Labute approximate surface area is 135 Å². The van der Waals surface area contributed by atoms with E-state index in [-0.39, 0.29) is 5.91 Å². The van der Waals surface area contributed by atoms with Crippen molar-refractivity contribution >= 4 is 11.6 Å². The van der Waals surface area contributed by atoms with Gasteiger partial charge >= 0.3 is 0 Å². The van der Waals surface area contributed by atoms with Gasteiger partial charge in [-0.05, 0) is 30.3 Å². The van der Waals surface area contributed by atoms with Crippen LogP contribution < -0.4 is 9.64 Å². The zero-order valence-corrected chi connectivity index (χ0v) is 12.7. The van der Waals surface area contributed by atoms with Crippen LogP contribution in [0.5, 0.6) is 11.6 Å². The van der Waals surface area contributed by atoms with Crippen molar-refractivity contribution in [1.29, 1.82) is 0 Å². The van der Waals surface area contributed by atoms with Crippen molar-refractivity contribution in [3.63, 3.8) is 0 Å². The molecule has 0 unspecified atom stereocenters. The number of amides is 1. The number of hydrogen-bond donors (Lipinski definition) is 0. The fourth-order valence-corrected chi connectivity index (χ4v) is 2.14. The van der Waals surface area contributed by atoms with Crippen molar-refractivity contribution in [2.75, 3.05) is 11.9 Å². The van der Waals surface area contributed by atoms with Crippen LogP contribution in [-0.2, 0) is 0 Å². The van der Waals surface area contributed by atoms with Crippen molar-refractivity contribution in [1.82, 2.24) is 4.98 Å². The quantitative estimate of drug-likeness (QED) is 0.727. The number of rotatable bonds is 4. The number of anilines is 1. The third-order valence-electron chi connectivity index (χ3n) is 3.36. The van der Waals surface area contributed by atoms with Crippen molar-refractivity contribution in [3.8, 4) is 11.6 Å². The molecule has 0 aliphatic rings. The Morgan fingerprint density at radius 1 is 0.870 bits per heavy atom. The van der Waals surface area contributed by atoms with Gasteiger partial charge in [-0.15, -0.1) is 0 Å². The molecule has 1 amide bonds. The minimum absolute atomic E-state index is 0.185. The molecule has 0 N–H and O–H groups in total. The van der Waals surface area contributed by atoms with Gasteiger partial charge in [0.1, 0.15) is 11.4 Å². The van der Waals surface area contributed by atoms with E-state index in [4.69, 9.17) is 4.74 Å². The van der Waals surface area contributed by atoms with E-state index in [1.54, 1.807) is 30.1 Å². The fourth-order valence-electron chi connectivity index (χ4n) is 2.14. The third-order valence-corrected chi connectivity index (χ3v) is 3.36. The Bertz CT molecular complexity index is 789. The molecule has 1 aromatic heterocycles. The lowest BCUT2D eigenvalue weighted by molar-refractivity contribution is 0.0987. The summed E-state index contributed by atoms with van der Waals surface area (Å²) >= 11 is 0. The van der Waals surface area contributed by atoms with E-state index in [0.717, 1.165) is 5.69 Å². The molecule has 3 aromatic rings. The maximum atomic E-state index is 12.6. The molecule has 0 bridgehead atoms. The fraction of sp³-hybridized carbons (Fsp3) is 0.0526. The summed E-state index contributed by atoms with van der Waals surface area (Å²) in [7, 11) is 1.73. The molecule has 0 fully saturated rings. The first-order chi connectivity index (χ1) is 11.2. The highest BCUT2D eigenvalue weighted by Gasteiger charge is 2.15. The van der Waals surface area contributed by atoms with Gasteiger partial charge in [0.2, 0.25) is 5.88 Å². The number of ether oxygens (including phenoxy) is 1. The van der Waals surface area contributed by atoms with E-state index in [0.29, 0.717) is 17.3 Å². The van der Waals surface area contributed by atoms with Crippen molar-refractivity contribution in [2.45, 2.75) is 0 Å². The Morgan fingerprint density at radius 3 is 2.22 bits per heavy atom. The Kier molecular flexibility index (Phi) is 4.34. The molecule has 0 saturated carbocycles. The van der Waals surface area contributed by atoms with Gasteiger partial charge in [0.05, 0.1) is 0 Å². The molecule has 0 spiro atoms. The summed E-state index contributed by atoms with van der Waals surface area (Å²) < 4.78 is 5.67. The van der Waals surface area contributed by atoms with E-state index >= 15 is 0 Å². The second kappa shape index (κ2) is 6.75. The monoisotopic (exact) mass is 304 g/mol. The first-order valence-electron chi connectivity index (χ1n) is 7.27. The summed E-state index contributed by atoms with van der Waals surface area (Å²) in [5, 5.41) is 0. The average Bonchev–Trinajstić information content (AvgIpc) is 2.62. The number of carbonyl (C=O) groups excluding carboxylic acids is 1. The number of para-hydroxylation sites is 2. The smallest absolute Gasteiger partial charge is 0.276 e. The van der Waals surface area contributed by atoms with Crippen LogP contribution in [0.1, 0.15) is 10.5 Å². The summed E-state index contributed by atoms with van der Waals surface area (Å²) in [5.41, 5.74) is 1.15. The van der Waals surface area contributed by atoms with E-state index in [9.17, 15) is 4.79 Å². The van der Waals surface area contributed by atoms with Gasteiger partial charge in [-0.1, -0.05) is 42.5 Å². The number of hydrogen-bond acceptors (Lipinski definition) is 3. The molecule has 114 valence electrons. The normalized spacial score (nSPS) is 10.1. The Hall–Kier alpha value is -3.14. The van der Waals surface area contributed by atoms with Gasteiger partial charge < -0.3 is 9.64 Å². The summed E-state index contributed by atoms with van der Waals surface area (Å²) in [6.07, 6.45) is 0. The highest BCUT2D eigenvalue weighted by atomic mass is 16.5. The molecule has 3 rings (SSSR count). The van der Waals surface area contributed by atoms with Crippen molar-refractivity contribution < 1.29 is 9.53 Å². The van der Waals surface area contributed by atoms with Crippen LogP contribution in [0.2, 0.25) is 0 Å². The molecule has 0 aliphatic carbocycles. The third kappa shape index (κ3) is 3.55. The van der Waals surface area contributed by atoms with Gasteiger partial charge in [-0.3, -0.25) is 4.79 Å². The molecular formula is C19H16N2O2. The molecular weight excluding hydrogens is 288 g/mol. The van der Waals surface area contributed by atoms with Gasteiger partial charge in [0.25, 0.3) is 5.91 Å². The SMILES string of the molecule is CN(C(=O)c1cccc(Oc2ccccc2)n1)c1ccccc1. The van der Waals surface area contributed by atoms with Crippen molar-refractivity contribution in [3.05, 3.63) is 84.6 Å². The van der Waals surface area contributed by atoms with Crippen LogP contribution in [0.15, 0.2) is 78.9 Å². The largest absolute Gasteiger partial charge is 0.439 e. The predicted molar refractivity (Wildman–Crippen MR) is 89.9 cm³/mol. The number of pyridine rings is 1. The van der Waals surface area contributed by atoms with E-state index in [1.165, 1.54) is 0 Å². The summed E-state index contributed by atoms with van der Waals surface area (Å²) in [4.78, 5) is 18.4. The zero-order valence-electron chi connectivity index (χ0n) is 12.7. The lowest BCUT2D eigenvalue weighted by Gasteiger charge is -2.17. The molecule has 2 aromatic carbocycles. The molecule has 4 heteroatoms. The second-order valence-corrected chi connectivity index (χ2v) is 4.98. The van der Waals surface area contributed by atoms with Crippen molar-refractivity contribution in [2.24, 2.45) is 0 Å². The lowest BCUT2D eigenvalue weighted by Crippen LogP contribution is -2.27. The van der Waals surface area contributed by atoms with E-state index in [2.05, 4.69) is 4.98 Å². The van der Waals surface area contributed by atoms with Crippen LogP contribution in [0, 0.1) is 0 Å². The molecule has 0 aliphatic heterocycles. The zero-order chi connectivity index (χ0) is 16.1. The summed E-state index contributed by atoms with van der Waals surface area (Å²) in [5.74, 6) is 0.888. The van der Waals surface area contributed by atoms with Gasteiger partial charge in [0.15, 0.2) is 0 Å². The topological polar surface area (TPSA) is 42.4 Å². The number of benzene rings is 2. The standard InChI is InChI=1S/C19H16N2O2/c1-21(15-9-4-2-5-10-15)19(22)17-13-8-14-18(20-17)23-16-11-6-3-7-12-16/h2-14H,1H3. The highest BCUT2D eigenvalue weighted by molar-refractivity contribution is 6.04. The van der Waals surface area contributed by atoms with Gasteiger partial charge in [-0.25, -0.2) is 4.98 Å². The Morgan fingerprint density at radius 2 is 1.52 bits per heavy atom. The molecule has 0 saturated heterocycles. The Balaban J connectivity index is 1.80. The van der Waals surface area contributed by atoms with Crippen LogP contribution in [0.3, 0.4) is 0 Å². The minimum Gasteiger partial charge on any atom is -0.439 e. The minimum atomic E-state index is -0.185. The van der Waals surface area contributed by atoms with Crippen LogP contribution in [0.25, 0.3) is 0 Å². The molecule has 0 atom stereocenters. The van der Waals surface area contributed by atoms with Crippen LogP contribution in [0.4, 0.5) is 5.69 Å². The average molecular weight is 304 g/mol. The van der Waals surface area contributed by atoms with Gasteiger partial charge in [-0.2, -0.15) is 0 Å². The number of nitrogens with zero attached hydrogens (tertiary/aromatic N) is 2. The van der Waals surface area contributed by atoms with E-state index < -0.39 is 0 Å². The van der Waals surface area contributed by atoms with Gasteiger partial charge in [0, 0.05) is 18.8 Å². The molecule has 23 heavy (non-hydrogen) atoms. The predicted octanol–water partition coefficient (Wildman–Crippen LogP) is 4.15. The number of aromatic nitrogens is 1. The maximum Gasteiger partial charge on any atom is 0.276 e. The lowest BCUT2D eigenvalue weighted by atomic mass is 10.2. The molecule has 0 radical (unpaired) electrons. The first-order valence-corrected chi connectivity index (χ1v) is 7.27. The highest BCUT2D eigenvalue weighted by Crippen LogP contribution is 2.20. The molecule has 1 heterocycles. The second-order valence-electron chi connectivity index (χ2n) is 4.98. The number of carbonyl (C=O) groups is 1.